The van der Waals surface area contributed by atoms with Crippen LogP contribution in [0.4, 0.5) is 18.9 Å². The smallest absolute Gasteiger partial charge is 0.258 e. The predicted molar refractivity (Wildman–Crippen MR) is 78.6 cm³/mol. The van der Waals surface area contributed by atoms with Crippen LogP contribution in [0.3, 0.4) is 0 Å². The molecule has 0 aliphatic heterocycles. The van der Waals surface area contributed by atoms with E-state index in [2.05, 4.69) is 0 Å². The van der Waals surface area contributed by atoms with Crippen molar-refractivity contribution < 1.29 is 18.1 Å². The Hall–Kier alpha value is -1.50. The SMILES string of the molecule is O=[N+]([O-])c1cc(-c2cc(Cl)c(Cl)c(Cl)c2)ccc1C(F)(F)F. The van der Waals surface area contributed by atoms with E-state index in [9.17, 15) is 23.3 Å². The summed E-state index contributed by atoms with van der Waals surface area (Å²) in [5.74, 6) is 0. The van der Waals surface area contributed by atoms with Gasteiger partial charge in [0.2, 0.25) is 0 Å². The fraction of sp³-hybridized carbons (Fsp3) is 0.0769. The van der Waals surface area contributed by atoms with Gasteiger partial charge in [-0.3, -0.25) is 10.1 Å². The highest BCUT2D eigenvalue weighted by molar-refractivity contribution is 6.48. The lowest BCUT2D eigenvalue weighted by Gasteiger charge is -2.10. The van der Waals surface area contributed by atoms with E-state index in [4.69, 9.17) is 34.8 Å². The summed E-state index contributed by atoms with van der Waals surface area (Å²) in [5.41, 5.74) is -1.89. The summed E-state index contributed by atoms with van der Waals surface area (Å²) in [6.07, 6.45) is -4.82. The van der Waals surface area contributed by atoms with E-state index in [1.165, 1.54) is 12.1 Å². The van der Waals surface area contributed by atoms with Crippen molar-refractivity contribution >= 4 is 40.5 Å². The Labute approximate surface area is 137 Å². The summed E-state index contributed by atoms with van der Waals surface area (Å²) in [7, 11) is 0. The second-order valence-electron chi connectivity index (χ2n) is 4.24. The van der Waals surface area contributed by atoms with Crippen LogP contribution in [0.25, 0.3) is 11.1 Å². The quantitative estimate of drug-likeness (QED) is 0.357. The highest BCUT2D eigenvalue weighted by atomic mass is 35.5. The minimum absolute atomic E-state index is 0.0896. The average molecular weight is 371 g/mol. The molecule has 0 unspecified atom stereocenters. The molecule has 0 saturated carbocycles. The number of hydrogen-bond donors (Lipinski definition) is 0. The monoisotopic (exact) mass is 369 g/mol. The van der Waals surface area contributed by atoms with Crippen LogP contribution in [0.15, 0.2) is 30.3 Å². The lowest BCUT2D eigenvalue weighted by molar-refractivity contribution is -0.388. The molecule has 116 valence electrons. The summed E-state index contributed by atoms with van der Waals surface area (Å²) < 4.78 is 38.3. The molecule has 0 aliphatic carbocycles. The van der Waals surface area contributed by atoms with Crippen molar-refractivity contribution in [3.05, 3.63) is 61.1 Å². The zero-order chi connectivity index (χ0) is 16.7. The van der Waals surface area contributed by atoms with Crippen molar-refractivity contribution in [2.24, 2.45) is 0 Å². The third-order valence-corrected chi connectivity index (χ3v) is 4.01. The Morgan fingerprint density at radius 3 is 1.95 bits per heavy atom. The first-order chi connectivity index (χ1) is 10.1. The summed E-state index contributed by atoms with van der Waals surface area (Å²) >= 11 is 17.5. The number of halogens is 6. The number of alkyl halides is 3. The van der Waals surface area contributed by atoms with Crippen LogP contribution in [0.2, 0.25) is 15.1 Å². The molecule has 0 atom stereocenters. The molecule has 2 rings (SSSR count). The van der Waals surface area contributed by atoms with Gasteiger partial charge in [-0.05, 0) is 29.3 Å². The summed E-state index contributed by atoms with van der Waals surface area (Å²) in [5, 5.41) is 11.1. The molecule has 9 heteroatoms. The van der Waals surface area contributed by atoms with Crippen molar-refractivity contribution in [2.75, 3.05) is 0 Å². The van der Waals surface area contributed by atoms with Crippen LogP contribution in [0.1, 0.15) is 5.56 Å². The summed E-state index contributed by atoms with van der Waals surface area (Å²) in [6.45, 7) is 0. The molecule has 0 aromatic heterocycles. The standard InChI is InChI=1S/C13H5Cl3F3NO2/c14-9-3-7(4-10(15)12(9)16)6-1-2-8(13(17,18)19)11(5-6)20(21)22/h1-5H. The molecule has 0 saturated heterocycles. The molecular formula is C13H5Cl3F3NO2. The van der Waals surface area contributed by atoms with Crippen LogP contribution < -0.4 is 0 Å². The van der Waals surface area contributed by atoms with Crippen LogP contribution in [-0.2, 0) is 6.18 Å². The number of nitro groups is 1. The lowest BCUT2D eigenvalue weighted by atomic mass is 10.0. The number of benzene rings is 2. The van der Waals surface area contributed by atoms with Crippen LogP contribution >= 0.6 is 34.8 Å². The van der Waals surface area contributed by atoms with Gasteiger partial charge in [0.15, 0.2) is 0 Å². The highest BCUT2D eigenvalue weighted by Crippen LogP contribution is 2.40. The van der Waals surface area contributed by atoms with E-state index >= 15 is 0 Å². The number of hydrogen-bond acceptors (Lipinski definition) is 2. The molecule has 2 aromatic carbocycles. The summed E-state index contributed by atoms with van der Waals surface area (Å²) in [4.78, 5) is 9.78. The second-order valence-corrected chi connectivity index (χ2v) is 5.43. The molecular weight excluding hydrogens is 366 g/mol. The largest absolute Gasteiger partial charge is 0.422 e. The maximum Gasteiger partial charge on any atom is 0.422 e. The van der Waals surface area contributed by atoms with E-state index in [0.29, 0.717) is 11.6 Å². The van der Waals surface area contributed by atoms with Gasteiger partial charge in [0.1, 0.15) is 5.56 Å². The molecule has 0 amide bonds. The third kappa shape index (κ3) is 3.29. The Balaban J connectivity index is 2.64. The fourth-order valence-corrected chi connectivity index (χ4v) is 2.42. The molecule has 22 heavy (non-hydrogen) atoms. The van der Waals surface area contributed by atoms with E-state index in [1.54, 1.807) is 0 Å². The van der Waals surface area contributed by atoms with Crippen LogP contribution in [0, 0.1) is 10.1 Å². The molecule has 0 bridgehead atoms. The zero-order valence-corrected chi connectivity index (χ0v) is 12.7. The van der Waals surface area contributed by atoms with Gasteiger partial charge in [0.25, 0.3) is 5.69 Å². The fourth-order valence-electron chi connectivity index (χ4n) is 1.82. The minimum atomic E-state index is -4.82. The normalized spacial score (nSPS) is 11.5. The Morgan fingerprint density at radius 1 is 0.955 bits per heavy atom. The van der Waals surface area contributed by atoms with Gasteiger partial charge in [-0.1, -0.05) is 40.9 Å². The van der Waals surface area contributed by atoms with Gasteiger partial charge in [-0.15, -0.1) is 0 Å². The molecule has 3 nitrogen and oxygen atoms in total. The topological polar surface area (TPSA) is 43.1 Å². The lowest BCUT2D eigenvalue weighted by Crippen LogP contribution is -2.08. The van der Waals surface area contributed by atoms with Crippen molar-refractivity contribution in [1.29, 1.82) is 0 Å². The maximum absolute atomic E-state index is 12.8. The molecule has 0 heterocycles. The first kappa shape index (κ1) is 16.9. The summed E-state index contributed by atoms with van der Waals surface area (Å²) in [6, 6.07) is 5.29. The molecule has 0 aliphatic rings. The molecule has 0 spiro atoms. The maximum atomic E-state index is 12.8. The average Bonchev–Trinajstić information content (AvgIpc) is 2.42. The van der Waals surface area contributed by atoms with Gasteiger partial charge in [0.05, 0.1) is 20.0 Å². The predicted octanol–water partition coefficient (Wildman–Crippen LogP) is 6.24. The zero-order valence-electron chi connectivity index (χ0n) is 10.4. The van der Waals surface area contributed by atoms with Crippen LogP contribution in [0.5, 0.6) is 0 Å². The Bertz CT molecular complexity index is 740. The van der Waals surface area contributed by atoms with Gasteiger partial charge < -0.3 is 0 Å². The highest BCUT2D eigenvalue weighted by Gasteiger charge is 2.38. The second kappa shape index (κ2) is 5.95. The van der Waals surface area contributed by atoms with E-state index in [-0.39, 0.29) is 20.6 Å². The van der Waals surface area contributed by atoms with E-state index < -0.39 is 22.4 Å². The molecule has 0 radical (unpaired) electrons. The Kier molecular flexibility index (Phi) is 4.56. The van der Waals surface area contributed by atoms with Crippen LogP contribution in [-0.4, -0.2) is 4.92 Å². The molecule has 2 aromatic rings. The number of nitrogens with zero attached hydrogens (tertiary/aromatic N) is 1. The Morgan fingerprint density at radius 2 is 1.50 bits per heavy atom. The molecule has 0 fully saturated rings. The van der Waals surface area contributed by atoms with Crippen molar-refractivity contribution in [1.82, 2.24) is 0 Å². The first-order valence-electron chi connectivity index (χ1n) is 5.62. The van der Waals surface area contributed by atoms with Crippen molar-refractivity contribution in [3.8, 4) is 11.1 Å². The van der Waals surface area contributed by atoms with Gasteiger partial charge in [-0.2, -0.15) is 13.2 Å². The van der Waals surface area contributed by atoms with Crippen molar-refractivity contribution in [3.63, 3.8) is 0 Å². The first-order valence-corrected chi connectivity index (χ1v) is 6.75. The van der Waals surface area contributed by atoms with E-state index in [0.717, 1.165) is 12.1 Å². The van der Waals surface area contributed by atoms with Gasteiger partial charge >= 0.3 is 6.18 Å². The van der Waals surface area contributed by atoms with Gasteiger partial charge in [-0.25, -0.2) is 0 Å². The number of nitro benzene ring substituents is 1. The minimum Gasteiger partial charge on any atom is -0.258 e. The van der Waals surface area contributed by atoms with Gasteiger partial charge in [0, 0.05) is 6.07 Å². The third-order valence-electron chi connectivity index (χ3n) is 2.82. The van der Waals surface area contributed by atoms with Crippen molar-refractivity contribution in [2.45, 2.75) is 6.18 Å². The molecule has 0 N–H and O–H groups in total. The number of rotatable bonds is 2. The van der Waals surface area contributed by atoms with E-state index in [1.807, 2.05) is 0 Å².